The Morgan fingerprint density at radius 3 is 0.905 bits per heavy atom. The summed E-state index contributed by atoms with van der Waals surface area (Å²) in [5.41, 5.74) is 9.18. The van der Waals surface area contributed by atoms with Crippen LogP contribution in [0, 0.1) is 0 Å². The van der Waals surface area contributed by atoms with Crippen molar-refractivity contribution in [2.24, 2.45) is 15.3 Å². The molecule has 0 saturated heterocycles. The van der Waals surface area contributed by atoms with Crippen LogP contribution < -0.4 is 30.5 Å². The lowest BCUT2D eigenvalue weighted by Gasteiger charge is -2.10. The number of hydrogen-bond acceptors (Lipinski definition) is 15. The molecule has 7 rings (SSSR count). The van der Waals surface area contributed by atoms with Gasteiger partial charge in [-0.3, -0.25) is 14.4 Å². The fourth-order valence-corrected chi connectivity index (χ4v) is 5.31. The van der Waals surface area contributed by atoms with Crippen molar-refractivity contribution in [3.63, 3.8) is 0 Å². The summed E-state index contributed by atoms with van der Waals surface area (Å²) >= 11 is 0. The summed E-state index contributed by atoms with van der Waals surface area (Å²) in [6.07, 6.45) is 4.24. The van der Waals surface area contributed by atoms with Crippen LogP contribution in [0.25, 0.3) is 0 Å². The largest absolute Gasteiger partial charge is 0.507 e. The Kier molecular flexibility index (Phi) is 13.2. The second-order valence-corrected chi connectivity index (χ2v) is 12.8. The number of aromatic hydroxyl groups is 3. The first kappa shape index (κ1) is 41.7. The maximum atomic E-state index is 12.4. The number of rotatable bonds is 15. The molecule has 0 fully saturated rings. The van der Waals surface area contributed by atoms with Crippen LogP contribution in [-0.2, 0) is 0 Å². The van der Waals surface area contributed by atoms with Crippen molar-refractivity contribution in [2.75, 3.05) is 0 Å². The zero-order valence-electron chi connectivity index (χ0n) is 32.6. The van der Waals surface area contributed by atoms with E-state index in [0.717, 1.165) is 0 Å². The second kappa shape index (κ2) is 20.0. The third-order valence-corrected chi connectivity index (χ3v) is 8.43. The molecule has 0 aliphatic rings. The number of benzene rings is 6. The van der Waals surface area contributed by atoms with Crippen molar-refractivity contribution in [3.05, 3.63) is 179 Å². The molecule has 0 bridgehead atoms. The van der Waals surface area contributed by atoms with Gasteiger partial charge < -0.3 is 29.5 Å². The van der Waals surface area contributed by atoms with Gasteiger partial charge in [0.15, 0.2) is 0 Å². The van der Waals surface area contributed by atoms with Crippen molar-refractivity contribution >= 4 is 36.4 Å². The van der Waals surface area contributed by atoms with Gasteiger partial charge in [-0.25, -0.2) is 16.3 Å². The lowest BCUT2D eigenvalue weighted by molar-refractivity contribution is 0.0944. The molecule has 0 radical (unpaired) electrons. The minimum Gasteiger partial charge on any atom is -0.507 e. The molecule has 312 valence electrons. The van der Waals surface area contributed by atoms with Gasteiger partial charge in [0.05, 0.1) is 35.3 Å². The van der Waals surface area contributed by atoms with Crippen molar-refractivity contribution in [1.29, 1.82) is 0 Å². The van der Waals surface area contributed by atoms with Gasteiger partial charge in [-0.05, 0) is 126 Å². The van der Waals surface area contributed by atoms with E-state index in [9.17, 15) is 29.7 Å². The maximum absolute atomic E-state index is 12.4. The van der Waals surface area contributed by atoms with E-state index >= 15 is 0 Å². The van der Waals surface area contributed by atoms with Crippen LogP contribution >= 0.6 is 0 Å². The zero-order chi connectivity index (χ0) is 44.0. The Morgan fingerprint density at radius 2 is 0.651 bits per heavy atom. The lowest BCUT2D eigenvalue weighted by atomic mass is 10.2. The monoisotopic (exact) mass is 843 g/mol. The number of phenols is 3. The third-order valence-electron chi connectivity index (χ3n) is 8.43. The van der Waals surface area contributed by atoms with E-state index in [-0.39, 0.29) is 52.0 Å². The minimum absolute atomic E-state index is 0.0783. The number of amides is 3. The maximum Gasteiger partial charge on any atom is 0.331 e. The fourth-order valence-electron chi connectivity index (χ4n) is 5.31. The Morgan fingerprint density at radius 1 is 0.397 bits per heavy atom. The number of para-hydroxylation sites is 3. The average molecular weight is 844 g/mol. The predicted molar refractivity (Wildman–Crippen MR) is 229 cm³/mol. The molecule has 7 aromatic rings. The summed E-state index contributed by atoms with van der Waals surface area (Å²) in [5.74, 6) is -1.28. The number of phenolic OH excluding ortho intramolecular Hbond substituents is 3. The lowest BCUT2D eigenvalue weighted by Crippen LogP contribution is -2.17. The molecule has 6 aromatic carbocycles. The van der Waals surface area contributed by atoms with Gasteiger partial charge in [0.1, 0.15) is 34.5 Å². The average Bonchev–Trinajstić information content (AvgIpc) is 3.28. The summed E-state index contributed by atoms with van der Waals surface area (Å²) in [7, 11) is 0. The number of ether oxygens (including phenoxy) is 3. The predicted octanol–water partition coefficient (Wildman–Crippen LogP) is 6.66. The molecule has 0 aliphatic heterocycles. The number of aromatic nitrogens is 3. The summed E-state index contributed by atoms with van der Waals surface area (Å²) in [6.45, 7) is 0. The first-order valence-corrected chi connectivity index (χ1v) is 18.6. The normalized spacial score (nSPS) is 11.0. The van der Waals surface area contributed by atoms with E-state index in [1.807, 2.05) is 0 Å². The molecule has 1 aromatic heterocycles. The molecule has 0 unspecified atom stereocenters. The van der Waals surface area contributed by atoms with Gasteiger partial charge in [0.25, 0.3) is 17.7 Å². The number of nitrogens with zero attached hydrogens (tertiary/aromatic N) is 6. The second-order valence-electron chi connectivity index (χ2n) is 12.8. The molecule has 0 saturated carbocycles. The van der Waals surface area contributed by atoms with Crippen molar-refractivity contribution in [1.82, 2.24) is 31.2 Å². The molecule has 1 heterocycles. The first-order chi connectivity index (χ1) is 30.7. The van der Waals surface area contributed by atoms with E-state index in [2.05, 4.69) is 46.5 Å². The SMILES string of the molecule is O=C(N/N=C/c1ccc(Oc2nc(Oc3ccc(/C=N/NC(=O)c4ccccc4O)cc3)nc(Oc3ccc(/C=N/NC(=O)c4ccccc4O)cc3)n2)cc1)c1ccccc1O. The number of hydrogen-bond donors (Lipinski definition) is 6. The molecule has 0 spiro atoms. The van der Waals surface area contributed by atoms with Gasteiger partial charge in [0.2, 0.25) is 0 Å². The molecule has 6 N–H and O–H groups in total. The number of carbonyl (C=O) groups excluding carboxylic acids is 3. The molecule has 18 heteroatoms. The van der Waals surface area contributed by atoms with E-state index in [1.54, 1.807) is 109 Å². The molecular formula is C45H33N9O9. The fraction of sp³-hybridized carbons (Fsp3) is 0. The Balaban J connectivity index is 1.03. The molecule has 18 nitrogen and oxygen atoms in total. The van der Waals surface area contributed by atoms with Crippen LogP contribution in [-0.4, -0.2) is 66.6 Å². The van der Waals surface area contributed by atoms with Gasteiger partial charge in [-0.2, -0.15) is 15.3 Å². The van der Waals surface area contributed by atoms with Crippen molar-refractivity contribution in [3.8, 4) is 52.5 Å². The van der Waals surface area contributed by atoms with Gasteiger partial charge in [-0.1, -0.05) is 36.4 Å². The highest BCUT2D eigenvalue weighted by atomic mass is 16.5. The quantitative estimate of drug-likeness (QED) is 0.0468. The highest BCUT2D eigenvalue weighted by molar-refractivity contribution is 5.98. The summed E-state index contributed by atoms with van der Waals surface area (Å²) in [5, 5.41) is 41.6. The smallest absolute Gasteiger partial charge is 0.331 e. The summed E-state index contributed by atoms with van der Waals surface area (Å²) in [4.78, 5) is 50.0. The summed E-state index contributed by atoms with van der Waals surface area (Å²) < 4.78 is 17.8. The number of carbonyl (C=O) groups is 3. The van der Waals surface area contributed by atoms with Gasteiger partial charge >= 0.3 is 18.0 Å². The molecule has 0 aliphatic carbocycles. The van der Waals surface area contributed by atoms with Crippen LogP contribution in [0.1, 0.15) is 47.8 Å². The van der Waals surface area contributed by atoms with E-state index in [4.69, 9.17) is 14.2 Å². The highest BCUT2D eigenvalue weighted by Gasteiger charge is 2.15. The van der Waals surface area contributed by atoms with Crippen LogP contribution in [0.3, 0.4) is 0 Å². The number of hydrazone groups is 3. The van der Waals surface area contributed by atoms with E-state index in [0.29, 0.717) is 33.9 Å². The van der Waals surface area contributed by atoms with Crippen molar-refractivity contribution in [2.45, 2.75) is 0 Å². The standard InChI is InChI=1S/C45H33N9O9/c55-37-10-4-1-7-34(37)40(58)52-46-25-28-13-19-31(20-14-28)61-43-49-44(62-32-21-15-29(16-22-32)26-47-53-41(59)35-8-2-5-11-38(35)56)51-45(50-43)63-33-23-17-30(18-24-33)27-48-54-42(60)36-9-3-6-12-39(36)57/h1-27,55-57H,(H,52,58)(H,53,59)(H,54,60)/b46-25+,47-26+,48-27+. The summed E-state index contributed by atoms with van der Waals surface area (Å²) in [6, 6.07) is 37.5. The molecular weight excluding hydrogens is 811 g/mol. The zero-order valence-corrected chi connectivity index (χ0v) is 32.6. The van der Waals surface area contributed by atoms with Crippen LogP contribution in [0.4, 0.5) is 0 Å². The molecule has 0 atom stereocenters. The molecule has 3 amide bonds. The van der Waals surface area contributed by atoms with Crippen molar-refractivity contribution < 1.29 is 43.9 Å². The van der Waals surface area contributed by atoms with Crippen LogP contribution in [0.2, 0.25) is 0 Å². The van der Waals surface area contributed by atoms with Crippen LogP contribution in [0.5, 0.6) is 52.5 Å². The molecule has 63 heavy (non-hydrogen) atoms. The number of nitrogens with one attached hydrogen (secondary N) is 3. The Bertz CT molecular complexity index is 2520. The van der Waals surface area contributed by atoms with Gasteiger partial charge in [0, 0.05) is 0 Å². The highest BCUT2D eigenvalue weighted by Crippen LogP contribution is 2.28. The van der Waals surface area contributed by atoms with Crippen LogP contribution in [0.15, 0.2) is 161 Å². The minimum atomic E-state index is -0.580. The first-order valence-electron chi connectivity index (χ1n) is 18.6. The van der Waals surface area contributed by atoms with E-state index in [1.165, 1.54) is 55.0 Å². The topological polar surface area (TPSA) is 251 Å². The van der Waals surface area contributed by atoms with Gasteiger partial charge in [-0.15, -0.1) is 15.0 Å². The Hall–Kier alpha value is -9.45. The van der Waals surface area contributed by atoms with E-state index < -0.39 is 17.7 Å². The third kappa shape index (κ3) is 11.6. The Labute approximate surface area is 357 Å².